The number of benzene rings is 1. The van der Waals surface area contributed by atoms with E-state index in [0.717, 1.165) is 22.3 Å². The second kappa shape index (κ2) is 5.46. The van der Waals surface area contributed by atoms with E-state index in [1.165, 1.54) is 0 Å². The average molecular weight is 280 g/mol. The van der Waals surface area contributed by atoms with Gasteiger partial charge in [-0.3, -0.25) is 9.78 Å². The Labute approximate surface area is 122 Å². The number of para-hydroxylation sites is 2. The summed E-state index contributed by atoms with van der Waals surface area (Å²) in [7, 11) is 0. The van der Waals surface area contributed by atoms with Gasteiger partial charge in [-0.2, -0.15) is 0 Å². The molecule has 0 aliphatic rings. The zero-order valence-corrected chi connectivity index (χ0v) is 11.8. The van der Waals surface area contributed by atoms with E-state index >= 15 is 0 Å². The molecule has 0 fully saturated rings. The van der Waals surface area contributed by atoms with Gasteiger partial charge < -0.3 is 10.3 Å². The molecule has 0 radical (unpaired) electrons. The maximum absolute atomic E-state index is 12.4. The molecule has 0 amide bonds. The highest BCUT2D eigenvalue weighted by molar-refractivity contribution is 5.74. The van der Waals surface area contributed by atoms with Crippen LogP contribution >= 0.6 is 0 Å². The minimum atomic E-state index is -0.0828. The number of hydrogen-bond donors (Lipinski definition) is 1. The molecule has 0 bridgehead atoms. The minimum Gasteiger partial charge on any atom is -0.325 e. The van der Waals surface area contributed by atoms with Gasteiger partial charge in [0.2, 0.25) is 0 Å². The molecule has 2 N–H and O–H groups in total. The molecule has 0 aliphatic carbocycles. The van der Waals surface area contributed by atoms with E-state index in [4.69, 9.17) is 5.73 Å². The highest BCUT2D eigenvalue weighted by Crippen LogP contribution is 2.13. The molecule has 2 heterocycles. The molecule has 3 aromatic rings. The van der Waals surface area contributed by atoms with Crippen molar-refractivity contribution >= 4 is 11.0 Å². The van der Waals surface area contributed by atoms with Gasteiger partial charge in [0.1, 0.15) is 5.69 Å². The predicted octanol–water partition coefficient (Wildman–Crippen LogP) is 1.61. The Hall–Kier alpha value is -2.53. The van der Waals surface area contributed by atoms with Crippen molar-refractivity contribution in [1.29, 1.82) is 0 Å². The van der Waals surface area contributed by atoms with E-state index in [2.05, 4.69) is 9.97 Å². The number of aromatic nitrogens is 3. The maximum atomic E-state index is 12.4. The van der Waals surface area contributed by atoms with Gasteiger partial charge in [-0.1, -0.05) is 18.2 Å². The number of rotatable bonds is 3. The van der Waals surface area contributed by atoms with Gasteiger partial charge in [-0.25, -0.2) is 4.98 Å². The first kappa shape index (κ1) is 13.5. The monoisotopic (exact) mass is 280 g/mol. The van der Waals surface area contributed by atoms with Gasteiger partial charge in [-0.05, 0) is 30.7 Å². The number of fused-ring (bicyclic) bond motifs is 1. The van der Waals surface area contributed by atoms with E-state index in [-0.39, 0.29) is 5.56 Å². The number of hydrogen-bond acceptors (Lipinski definition) is 4. The highest BCUT2D eigenvalue weighted by Gasteiger charge is 2.10. The molecule has 5 heteroatoms. The first-order chi connectivity index (χ1) is 10.2. The van der Waals surface area contributed by atoms with Crippen molar-refractivity contribution in [2.75, 3.05) is 0 Å². The molecule has 1 aromatic carbocycles. The van der Waals surface area contributed by atoms with E-state index in [0.29, 0.717) is 18.8 Å². The second-order valence-electron chi connectivity index (χ2n) is 4.89. The fourth-order valence-electron chi connectivity index (χ4n) is 2.45. The quantitative estimate of drug-likeness (QED) is 0.791. The molecular weight excluding hydrogens is 264 g/mol. The Balaban J connectivity index is 2.20. The molecule has 0 unspecified atom stereocenters. The molecule has 3 rings (SSSR count). The first-order valence-electron chi connectivity index (χ1n) is 6.79. The van der Waals surface area contributed by atoms with Crippen LogP contribution in [-0.4, -0.2) is 14.5 Å². The highest BCUT2D eigenvalue weighted by atomic mass is 16.1. The summed E-state index contributed by atoms with van der Waals surface area (Å²) in [5, 5.41) is 0. The van der Waals surface area contributed by atoms with Gasteiger partial charge in [-0.15, -0.1) is 0 Å². The third-order valence-electron chi connectivity index (χ3n) is 3.52. The fraction of sp³-hybridized carbons (Fsp3) is 0.188. The standard InChI is InChI=1S/C16H16N4O/c1-11-16(21)20(15-7-3-2-6-13(15)19-11)10-12-5-4-8-18-14(12)9-17/h2-8H,9-10,17H2,1H3. The summed E-state index contributed by atoms with van der Waals surface area (Å²) >= 11 is 0. The van der Waals surface area contributed by atoms with Crippen molar-refractivity contribution in [3.05, 3.63) is 69.9 Å². The maximum Gasteiger partial charge on any atom is 0.272 e. The fourth-order valence-corrected chi connectivity index (χ4v) is 2.45. The normalized spacial score (nSPS) is 11.0. The Bertz CT molecular complexity index is 854. The second-order valence-corrected chi connectivity index (χ2v) is 4.89. The summed E-state index contributed by atoms with van der Waals surface area (Å²) < 4.78 is 1.73. The van der Waals surface area contributed by atoms with E-state index in [9.17, 15) is 4.79 Å². The molecule has 106 valence electrons. The van der Waals surface area contributed by atoms with Crippen LogP contribution in [-0.2, 0) is 13.1 Å². The van der Waals surface area contributed by atoms with Crippen molar-refractivity contribution in [3.63, 3.8) is 0 Å². The number of aryl methyl sites for hydroxylation is 1. The predicted molar refractivity (Wildman–Crippen MR) is 82.0 cm³/mol. The van der Waals surface area contributed by atoms with Crippen molar-refractivity contribution in [2.45, 2.75) is 20.0 Å². The van der Waals surface area contributed by atoms with Gasteiger partial charge in [0.25, 0.3) is 5.56 Å². The SMILES string of the molecule is Cc1nc2ccccc2n(Cc2cccnc2CN)c1=O. The molecule has 0 aliphatic heterocycles. The van der Waals surface area contributed by atoms with Gasteiger partial charge >= 0.3 is 0 Å². The van der Waals surface area contributed by atoms with Crippen molar-refractivity contribution in [2.24, 2.45) is 5.73 Å². The number of nitrogens with zero attached hydrogens (tertiary/aromatic N) is 3. The largest absolute Gasteiger partial charge is 0.325 e. The smallest absolute Gasteiger partial charge is 0.272 e. The van der Waals surface area contributed by atoms with Crippen molar-refractivity contribution in [3.8, 4) is 0 Å². The summed E-state index contributed by atoms with van der Waals surface area (Å²) in [4.78, 5) is 21.1. The van der Waals surface area contributed by atoms with Crippen LogP contribution in [0.5, 0.6) is 0 Å². The van der Waals surface area contributed by atoms with E-state index in [1.807, 2.05) is 36.4 Å². The topological polar surface area (TPSA) is 73.8 Å². The van der Waals surface area contributed by atoms with Crippen LogP contribution in [0.25, 0.3) is 11.0 Å². The lowest BCUT2D eigenvalue weighted by Crippen LogP contribution is -2.25. The van der Waals surface area contributed by atoms with Crippen LogP contribution in [0.3, 0.4) is 0 Å². The Morgan fingerprint density at radius 1 is 1.19 bits per heavy atom. The third kappa shape index (κ3) is 2.43. The summed E-state index contributed by atoms with van der Waals surface area (Å²) in [6, 6.07) is 11.4. The molecule has 2 aromatic heterocycles. The molecule has 0 saturated carbocycles. The van der Waals surface area contributed by atoms with Gasteiger partial charge in [0, 0.05) is 12.7 Å². The van der Waals surface area contributed by atoms with E-state index < -0.39 is 0 Å². The molecule has 5 nitrogen and oxygen atoms in total. The Morgan fingerprint density at radius 2 is 2.00 bits per heavy atom. The summed E-state index contributed by atoms with van der Waals surface area (Å²) in [5.41, 5.74) is 9.53. The van der Waals surface area contributed by atoms with Crippen LogP contribution in [0.4, 0.5) is 0 Å². The van der Waals surface area contributed by atoms with Crippen molar-refractivity contribution in [1.82, 2.24) is 14.5 Å². The van der Waals surface area contributed by atoms with Gasteiger partial charge in [0.05, 0.1) is 23.3 Å². The molecule has 21 heavy (non-hydrogen) atoms. The van der Waals surface area contributed by atoms with Crippen LogP contribution in [0.2, 0.25) is 0 Å². The summed E-state index contributed by atoms with van der Waals surface area (Å²) in [6.07, 6.45) is 1.71. The third-order valence-corrected chi connectivity index (χ3v) is 3.52. The van der Waals surface area contributed by atoms with Crippen LogP contribution in [0.1, 0.15) is 17.0 Å². The van der Waals surface area contributed by atoms with Crippen LogP contribution in [0, 0.1) is 6.92 Å². The van der Waals surface area contributed by atoms with Crippen LogP contribution < -0.4 is 11.3 Å². The number of nitrogens with two attached hydrogens (primary N) is 1. The minimum absolute atomic E-state index is 0.0828. The Kier molecular flexibility index (Phi) is 3.50. The van der Waals surface area contributed by atoms with E-state index in [1.54, 1.807) is 17.7 Å². The molecule has 0 saturated heterocycles. The Morgan fingerprint density at radius 3 is 2.81 bits per heavy atom. The van der Waals surface area contributed by atoms with Crippen molar-refractivity contribution < 1.29 is 0 Å². The zero-order valence-electron chi connectivity index (χ0n) is 11.8. The molecule has 0 spiro atoms. The molecular formula is C16H16N4O. The number of pyridine rings is 1. The lowest BCUT2D eigenvalue weighted by molar-refractivity contribution is 0.758. The lowest BCUT2D eigenvalue weighted by atomic mass is 10.1. The first-order valence-corrected chi connectivity index (χ1v) is 6.79. The summed E-state index contributed by atoms with van der Waals surface area (Å²) in [6.45, 7) is 2.54. The lowest BCUT2D eigenvalue weighted by Gasteiger charge is -2.12. The summed E-state index contributed by atoms with van der Waals surface area (Å²) in [5.74, 6) is 0. The zero-order chi connectivity index (χ0) is 14.8. The van der Waals surface area contributed by atoms with Crippen LogP contribution in [0.15, 0.2) is 47.4 Å². The van der Waals surface area contributed by atoms with Gasteiger partial charge in [0.15, 0.2) is 0 Å². The molecule has 0 atom stereocenters. The average Bonchev–Trinajstić information content (AvgIpc) is 2.52.